The molecule has 0 fully saturated rings. The van der Waals surface area contributed by atoms with E-state index < -0.39 is 0 Å². The van der Waals surface area contributed by atoms with Gasteiger partial charge in [-0.05, 0) is 36.8 Å². The van der Waals surface area contributed by atoms with Crippen molar-refractivity contribution in [1.29, 1.82) is 0 Å². The van der Waals surface area contributed by atoms with E-state index in [1.54, 1.807) is 7.11 Å². The number of methoxy groups -OCH3 is 1. The summed E-state index contributed by atoms with van der Waals surface area (Å²) in [4.78, 5) is 8.37. The predicted octanol–water partition coefficient (Wildman–Crippen LogP) is 2.01. The molecule has 16 heavy (non-hydrogen) atoms. The minimum atomic E-state index is 0.267. The number of benzene rings is 1. The fourth-order valence-electron chi connectivity index (χ4n) is 1.57. The fourth-order valence-corrected chi connectivity index (χ4v) is 1.76. The van der Waals surface area contributed by atoms with Gasteiger partial charge in [0.25, 0.3) is 0 Å². The molecule has 5 heteroatoms. The Hall–Kier alpha value is -1.39. The number of hydrogen-bond acceptors (Lipinski definition) is 4. The molecule has 0 amide bonds. The van der Waals surface area contributed by atoms with Crippen LogP contribution >= 0.6 is 11.6 Å². The molecule has 1 N–H and O–H groups in total. The first kappa shape index (κ1) is 11.1. The molecule has 4 nitrogen and oxygen atoms in total. The molecule has 84 valence electrons. The van der Waals surface area contributed by atoms with E-state index in [1.807, 2.05) is 25.2 Å². The Morgan fingerprint density at radius 1 is 1.38 bits per heavy atom. The maximum absolute atomic E-state index is 5.85. The quantitative estimate of drug-likeness (QED) is 0.830. The highest BCUT2D eigenvalue weighted by Gasteiger charge is 2.07. The Labute approximate surface area is 98.6 Å². The highest BCUT2D eigenvalue weighted by atomic mass is 35.5. The summed E-state index contributed by atoms with van der Waals surface area (Å²) < 4.78 is 5.18. The Morgan fingerprint density at radius 3 is 2.88 bits per heavy atom. The largest absolute Gasteiger partial charge is 0.497 e. The van der Waals surface area contributed by atoms with Crippen LogP contribution < -0.4 is 10.1 Å². The zero-order valence-corrected chi connectivity index (χ0v) is 9.88. The van der Waals surface area contributed by atoms with Crippen LogP contribution in [0.4, 0.5) is 0 Å². The average molecular weight is 238 g/mol. The maximum Gasteiger partial charge on any atom is 0.223 e. The van der Waals surface area contributed by atoms with Gasteiger partial charge in [0.1, 0.15) is 5.75 Å². The minimum absolute atomic E-state index is 0.267. The van der Waals surface area contributed by atoms with E-state index in [0.29, 0.717) is 6.54 Å². The number of rotatable bonds is 3. The van der Waals surface area contributed by atoms with Crippen LogP contribution in [0.15, 0.2) is 18.2 Å². The van der Waals surface area contributed by atoms with Gasteiger partial charge in [0.05, 0.1) is 18.3 Å². The number of nitrogens with zero attached hydrogens (tertiary/aromatic N) is 2. The number of halogens is 1. The lowest BCUT2D eigenvalue weighted by atomic mass is 10.2. The summed E-state index contributed by atoms with van der Waals surface area (Å²) in [5.41, 5.74) is 1.70. The first-order chi connectivity index (χ1) is 7.74. The van der Waals surface area contributed by atoms with Gasteiger partial charge in [-0.15, -0.1) is 0 Å². The molecule has 2 rings (SSSR count). The smallest absolute Gasteiger partial charge is 0.223 e. The third kappa shape index (κ3) is 2.08. The van der Waals surface area contributed by atoms with Crippen LogP contribution in [0.3, 0.4) is 0 Å². The van der Waals surface area contributed by atoms with E-state index >= 15 is 0 Å². The lowest BCUT2D eigenvalue weighted by Gasteiger charge is -2.07. The summed E-state index contributed by atoms with van der Waals surface area (Å²) >= 11 is 5.85. The number of hydrogen-bond donors (Lipinski definition) is 1. The Kier molecular flexibility index (Phi) is 3.22. The molecular weight excluding hydrogens is 226 g/mol. The second-order valence-corrected chi connectivity index (χ2v) is 3.69. The van der Waals surface area contributed by atoms with Crippen molar-refractivity contribution in [3.05, 3.63) is 29.2 Å². The SMILES string of the molecule is CNCc1nc(Cl)nc2ccc(OC)cc12. The lowest BCUT2D eigenvalue weighted by Crippen LogP contribution is -2.08. The van der Waals surface area contributed by atoms with E-state index in [-0.39, 0.29) is 5.28 Å². The van der Waals surface area contributed by atoms with Crippen LogP contribution in [0.5, 0.6) is 5.75 Å². The van der Waals surface area contributed by atoms with Gasteiger partial charge in [-0.2, -0.15) is 0 Å². The van der Waals surface area contributed by atoms with Crippen LogP contribution in [0.25, 0.3) is 10.9 Å². The van der Waals surface area contributed by atoms with E-state index in [1.165, 1.54) is 0 Å². The zero-order chi connectivity index (χ0) is 11.5. The van der Waals surface area contributed by atoms with Crippen molar-refractivity contribution in [1.82, 2.24) is 15.3 Å². The normalized spacial score (nSPS) is 10.7. The summed E-state index contributed by atoms with van der Waals surface area (Å²) in [7, 11) is 3.50. The summed E-state index contributed by atoms with van der Waals surface area (Å²) in [5, 5.41) is 4.27. The molecule has 1 aromatic carbocycles. The second kappa shape index (κ2) is 4.63. The van der Waals surface area contributed by atoms with Crippen LogP contribution in [0, 0.1) is 0 Å². The second-order valence-electron chi connectivity index (χ2n) is 3.35. The molecule has 0 spiro atoms. The van der Waals surface area contributed by atoms with Gasteiger partial charge in [0, 0.05) is 11.9 Å². The number of ether oxygens (including phenoxy) is 1. The van der Waals surface area contributed by atoms with Gasteiger partial charge in [0.2, 0.25) is 5.28 Å². The molecule has 0 bridgehead atoms. The van der Waals surface area contributed by atoms with Gasteiger partial charge < -0.3 is 10.1 Å². The van der Waals surface area contributed by atoms with Crippen molar-refractivity contribution in [2.45, 2.75) is 6.54 Å². The first-order valence-corrected chi connectivity index (χ1v) is 5.27. The zero-order valence-electron chi connectivity index (χ0n) is 9.12. The number of fused-ring (bicyclic) bond motifs is 1. The first-order valence-electron chi connectivity index (χ1n) is 4.89. The summed E-state index contributed by atoms with van der Waals surface area (Å²) in [6.07, 6.45) is 0. The molecule has 0 aliphatic heterocycles. The molecule has 0 unspecified atom stereocenters. The molecular formula is C11H12ClN3O. The monoisotopic (exact) mass is 237 g/mol. The molecule has 0 saturated heterocycles. The van der Waals surface area contributed by atoms with Crippen LogP contribution in [0.2, 0.25) is 5.28 Å². The van der Waals surface area contributed by atoms with Crippen molar-refractivity contribution in [3.8, 4) is 5.75 Å². The Morgan fingerprint density at radius 2 is 2.19 bits per heavy atom. The third-order valence-electron chi connectivity index (χ3n) is 2.30. The minimum Gasteiger partial charge on any atom is -0.497 e. The molecule has 0 aliphatic carbocycles. The van der Waals surface area contributed by atoms with Gasteiger partial charge in [-0.3, -0.25) is 0 Å². The summed E-state index contributed by atoms with van der Waals surface area (Å²) in [5.74, 6) is 0.788. The molecule has 0 radical (unpaired) electrons. The predicted molar refractivity (Wildman–Crippen MR) is 63.9 cm³/mol. The Balaban J connectivity index is 2.65. The van der Waals surface area contributed by atoms with Gasteiger partial charge >= 0.3 is 0 Å². The molecule has 1 heterocycles. The summed E-state index contributed by atoms with van der Waals surface area (Å²) in [6.45, 7) is 0.645. The topological polar surface area (TPSA) is 47.0 Å². The van der Waals surface area contributed by atoms with Crippen molar-refractivity contribution >= 4 is 22.5 Å². The standard InChI is InChI=1S/C11H12ClN3O/c1-13-6-10-8-5-7(16-2)3-4-9(8)14-11(12)15-10/h3-5,13H,6H2,1-2H3. The van der Waals surface area contributed by atoms with E-state index in [9.17, 15) is 0 Å². The maximum atomic E-state index is 5.85. The van der Waals surface area contributed by atoms with E-state index in [2.05, 4.69) is 15.3 Å². The fraction of sp³-hybridized carbons (Fsp3) is 0.273. The van der Waals surface area contributed by atoms with Gasteiger partial charge in [-0.1, -0.05) is 0 Å². The number of aromatic nitrogens is 2. The third-order valence-corrected chi connectivity index (χ3v) is 2.47. The average Bonchev–Trinajstić information content (AvgIpc) is 2.29. The molecule has 0 aliphatic rings. The highest BCUT2D eigenvalue weighted by molar-refractivity contribution is 6.28. The van der Waals surface area contributed by atoms with E-state index in [0.717, 1.165) is 22.3 Å². The van der Waals surface area contributed by atoms with Crippen molar-refractivity contribution < 1.29 is 4.74 Å². The van der Waals surface area contributed by atoms with E-state index in [4.69, 9.17) is 16.3 Å². The van der Waals surface area contributed by atoms with Crippen molar-refractivity contribution in [3.63, 3.8) is 0 Å². The van der Waals surface area contributed by atoms with Crippen LogP contribution in [-0.2, 0) is 6.54 Å². The highest BCUT2D eigenvalue weighted by Crippen LogP contribution is 2.23. The lowest BCUT2D eigenvalue weighted by molar-refractivity contribution is 0.415. The van der Waals surface area contributed by atoms with Gasteiger partial charge in [0.15, 0.2) is 0 Å². The number of nitrogens with one attached hydrogen (secondary N) is 1. The molecule has 0 atom stereocenters. The summed E-state index contributed by atoms with van der Waals surface area (Å²) in [6, 6.07) is 5.65. The van der Waals surface area contributed by atoms with Crippen molar-refractivity contribution in [2.24, 2.45) is 0 Å². The van der Waals surface area contributed by atoms with Crippen LogP contribution in [-0.4, -0.2) is 24.1 Å². The molecule has 0 saturated carbocycles. The Bertz CT molecular complexity index is 516. The molecule has 1 aromatic heterocycles. The van der Waals surface area contributed by atoms with Crippen LogP contribution in [0.1, 0.15) is 5.69 Å². The van der Waals surface area contributed by atoms with Gasteiger partial charge in [-0.25, -0.2) is 9.97 Å². The van der Waals surface area contributed by atoms with Crippen molar-refractivity contribution in [2.75, 3.05) is 14.2 Å². The molecule has 2 aromatic rings.